The minimum atomic E-state index is -4.94. The van der Waals surface area contributed by atoms with E-state index in [2.05, 4.69) is 105 Å². The molecule has 0 aliphatic carbocycles. The Kier molecular flexibility index (Phi) is 21.0. The van der Waals surface area contributed by atoms with Gasteiger partial charge in [-0.05, 0) is 47.2 Å². The average Bonchev–Trinajstić information content (AvgIpc) is 3.14. The molecule has 0 saturated carbocycles. The number of pyridine rings is 4. The monoisotopic (exact) mass is 859 g/mol. The molecule has 4 heterocycles. The molecule has 6 aromatic rings. The standard InChI is InChI=1S/C34H32N6.C3H7NO.2ClHO4.Zn/c1-3-13-31-27(9-1)15-19-37-33(31)25-39(23-29-11-5-7-17-35-29)21-22-40(24-30-12-6-8-18-36-30)26-34-32-14-4-2-10-28(32)16-20-38-34;1-4(2)3-5;2*2-1(3,4)5;/h1-20H,21-26H2;3H,1-2H3;2*(H,2,3,4,5);/q;;;;+2/p-2. The van der Waals surface area contributed by atoms with E-state index in [1.165, 1.54) is 26.4 Å². The van der Waals surface area contributed by atoms with Gasteiger partial charge in [-0.15, -0.1) is 20.5 Å². The zero-order valence-corrected chi connectivity index (χ0v) is 35.1. The number of aromatic nitrogens is 4. The van der Waals surface area contributed by atoms with Gasteiger partial charge in [0, 0.05) is 88.9 Å². The SMILES string of the molecule is CN(C)C=O.[O-][Cl+3]([O-])([O-])[O-].[O-][Cl+3]([O-])([O-])[O-].[Zn+2].c1ccc(CN(CCN(Cc2ccccn2)Cc2nccc3ccccc23)Cc2nccc3ccccc23)nc1. The van der Waals surface area contributed by atoms with Crippen molar-refractivity contribution < 1.29 is 82.0 Å². The molecule has 0 fully saturated rings. The maximum atomic E-state index is 9.43. The number of amides is 1. The molecule has 0 spiro atoms. The summed E-state index contributed by atoms with van der Waals surface area (Å²) in [6.45, 7) is 4.66. The van der Waals surface area contributed by atoms with Gasteiger partial charge in [0.25, 0.3) is 0 Å². The zero-order chi connectivity index (χ0) is 40.3. The number of hydrogen-bond donors (Lipinski definition) is 0. The summed E-state index contributed by atoms with van der Waals surface area (Å²) < 4.78 is 67.9. The molecule has 4 aromatic heterocycles. The molecule has 19 heteroatoms. The largest absolute Gasteiger partial charge is 2.00 e. The molecular weight excluding hydrogens is 823 g/mol. The Hall–Kier alpha value is -4.17. The Labute approximate surface area is 341 Å². The van der Waals surface area contributed by atoms with Crippen molar-refractivity contribution in [3.8, 4) is 0 Å². The average molecular weight is 862 g/mol. The molecule has 0 saturated heterocycles. The molecular formula is C37H39Cl2N7O9Zn. The van der Waals surface area contributed by atoms with Crippen molar-refractivity contribution in [3.63, 3.8) is 0 Å². The summed E-state index contributed by atoms with van der Waals surface area (Å²) in [4.78, 5) is 34.6. The Morgan fingerprint density at radius 1 is 0.500 bits per heavy atom. The molecule has 0 N–H and O–H groups in total. The number of rotatable bonds is 12. The Bertz CT molecular complexity index is 1850. The fourth-order valence-electron chi connectivity index (χ4n) is 5.19. The van der Waals surface area contributed by atoms with Crippen molar-refractivity contribution in [1.29, 1.82) is 0 Å². The fourth-order valence-corrected chi connectivity index (χ4v) is 5.19. The maximum absolute atomic E-state index is 9.43. The number of halogens is 2. The van der Waals surface area contributed by atoms with Crippen molar-refractivity contribution in [2.24, 2.45) is 0 Å². The quantitative estimate of drug-likeness (QED) is 0.0853. The van der Waals surface area contributed by atoms with Crippen LogP contribution in [0.1, 0.15) is 22.8 Å². The molecule has 56 heavy (non-hydrogen) atoms. The Morgan fingerprint density at radius 2 is 0.839 bits per heavy atom. The summed E-state index contributed by atoms with van der Waals surface area (Å²) >= 11 is 0. The van der Waals surface area contributed by atoms with Crippen LogP contribution >= 0.6 is 0 Å². The fraction of sp³-hybridized carbons (Fsp3) is 0.216. The van der Waals surface area contributed by atoms with Gasteiger partial charge in [0.05, 0.1) is 22.8 Å². The van der Waals surface area contributed by atoms with Gasteiger partial charge in [-0.25, -0.2) is 37.3 Å². The third-order valence-electron chi connectivity index (χ3n) is 7.43. The van der Waals surface area contributed by atoms with Crippen molar-refractivity contribution in [1.82, 2.24) is 34.6 Å². The molecule has 16 nitrogen and oxygen atoms in total. The van der Waals surface area contributed by atoms with E-state index < -0.39 is 20.5 Å². The van der Waals surface area contributed by atoms with Gasteiger partial charge in [0.2, 0.25) is 6.41 Å². The maximum Gasteiger partial charge on any atom is 2.00 e. The van der Waals surface area contributed by atoms with Crippen LogP contribution in [0.4, 0.5) is 0 Å². The normalized spacial score (nSPS) is 11.0. The van der Waals surface area contributed by atoms with E-state index in [1.807, 2.05) is 36.9 Å². The van der Waals surface area contributed by atoms with E-state index in [1.54, 1.807) is 14.1 Å². The van der Waals surface area contributed by atoms with Crippen molar-refractivity contribution in [2.75, 3.05) is 27.2 Å². The molecule has 6 rings (SSSR count). The molecule has 0 bridgehead atoms. The van der Waals surface area contributed by atoms with Gasteiger partial charge in [0.1, 0.15) is 0 Å². The van der Waals surface area contributed by atoms with Gasteiger partial charge < -0.3 is 4.90 Å². The van der Waals surface area contributed by atoms with Crippen LogP contribution in [0.3, 0.4) is 0 Å². The summed E-state index contributed by atoms with van der Waals surface area (Å²) in [5.41, 5.74) is 4.27. The first kappa shape index (κ1) is 48.0. The van der Waals surface area contributed by atoms with Crippen molar-refractivity contribution in [3.05, 3.63) is 145 Å². The van der Waals surface area contributed by atoms with Crippen LogP contribution in [-0.4, -0.2) is 68.2 Å². The Morgan fingerprint density at radius 3 is 1.16 bits per heavy atom. The predicted molar refractivity (Wildman–Crippen MR) is 180 cm³/mol. The second-order valence-corrected chi connectivity index (χ2v) is 13.4. The van der Waals surface area contributed by atoms with Crippen LogP contribution in [0.2, 0.25) is 0 Å². The summed E-state index contributed by atoms with van der Waals surface area (Å²) in [6.07, 6.45) is 8.30. The number of carbonyl (C=O) groups is 1. The van der Waals surface area contributed by atoms with Crippen LogP contribution in [0.5, 0.6) is 0 Å². The summed E-state index contributed by atoms with van der Waals surface area (Å²) in [7, 11) is -6.51. The first-order chi connectivity index (χ1) is 26.1. The van der Waals surface area contributed by atoms with E-state index in [0.717, 1.165) is 68.5 Å². The first-order valence-corrected chi connectivity index (χ1v) is 18.8. The van der Waals surface area contributed by atoms with Crippen LogP contribution < -0.4 is 37.3 Å². The minimum absolute atomic E-state index is 0. The van der Waals surface area contributed by atoms with Crippen LogP contribution in [-0.2, 0) is 50.5 Å². The molecule has 0 aliphatic rings. The smallest absolute Gasteiger partial charge is 0.351 e. The Balaban J connectivity index is 0.000000579. The number of benzene rings is 2. The van der Waals surface area contributed by atoms with Crippen molar-refractivity contribution in [2.45, 2.75) is 26.2 Å². The molecule has 0 unspecified atom stereocenters. The molecule has 0 aliphatic heterocycles. The topological polar surface area (TPSA) is 263 Å². The number of fused-ring (bicyclic) bond motifs is 2. The number of carbonyl (C=O) groups excluding carboxylic acids is 1. The van der Waals surface area contributed by atoms with E-state index in [0.29, 0.717) is 0 Å². The van der Waals surface area contributed by atoms with Gasteiger partial charge in [-0.2, -0.15) is 0 Å². The predicted octanol–water partition coefficient (Wildman–Crippen LogP) is -3.53. The summed E-state index contributed by atoms with van der Waals surface area (Å²) in [5, 5.41) is 4.82. The van der Waals surface area contributed by atoms with E-state index in [9.17, 15) is 4.79 Å². The number of nitrogens with zero attached hydrogens (tertiary/aromatic N) is 7. The molecule has 0 radical (unpaired) electrons. The van der Waals surface area contributed by atoms with Crippen molar-refractivity contribution >= 4 is 28.0 Å². The minimum Gasteiger partial charge on any atom is -0.351 e. The molecule has 292 valence electrons. The third-order valence-corrected chi connectivity index (χ3v) is 7.43. The van der Waals surface area contributed by atoms with Crippen LogP contribution in [0.25, 0.3) is 21.5 Å². The van der Waals surface area contributed by atoms with E-state index in [-0.39, 0.29) is 19.5 Å². The molecule has 1 amide bonds. The summed E-state index contributed by atoms with van der Waals surface area (Å²) in [5.74, 6) is 0. The van der Waals surface area contributed by atoms with Crippen LogP contribution in [0, 0.1) is 20.5 Å². The second-order valence-electron chi connectivity index (χ2n) is 11.8. The second kappa shape index (κ2) is 24.5. The first-order valence-electron chi connectivity index (χ1n) is 16.3. The van der Waals surface area contributed by atoms with E-state index >= 15 is 0 Å². The van der Waals surface area contributed by atoms with Gasteiger partial charge in [0.15, 0.2) is 0 Å². The molecule has 2 aromatic carbocycles. The van der Waals surface area contributed by atoms with Gasteiger partial charge >= 0.3 is 19.5 Å². The summed E-state index contributed by atoms with van der Waals surface area (Å²) in [6, 6.07) is 33.3. The zero-order valence-electron chi connectivity index (χ0n) is 30.6. The van der Waals surface area contributed by atoms with Gasteiger partial charge in [-0.1, -0.05) is 60.7 Å². The number of hydrogen-bond acceptors (Lipinski definition) is 15. The molecule has 0 atom stereocenters. The third kappa shape index (κ3) is 20.1. The van der Waals surface area contributed by atoms with Crippen LogP contribution in [0.15, 0.2) is 122 Å². The van der Waals surface area contributed by atoms with E-state index in [4.69, 9.17) is 47.2 Å². The van der Waals surface area contributed by atoms with Gasteiger partial charge in [-0.3, -0.25) is 34.5 Å².